The van der Waals surface area contributed by atoms with E-state index in [1.165, 1.54) is 11.8 Å². The first-order chi connectivity index (χ1) is 12.5. The van der Waals surface area contributed by atoms with Crippen LogP contribution in [-0.4, -0.2) is 52.0 Å². The number of amides is 2. The molecule has 6 nitrogen and oxygen atoms in total. The van der Waals surface area contributed by atoms with Crippen molar-refractivity contribution in [3.8, 4) is 0 Å². The van der Waals surface area contributed by atoms with Crippen LogP contribution in [0.3, 0.4) is 0 Å². The molecule has 1 heterocycles. The fourth-order valence-corrected chi connectivity index (χ4v) is 4.83. The number of carboxylic acids is 1. The highest BCUT2D eigenvalue weighted by Crippen LogP contribution is 2.36. The molecule has 2 N–H and O–H groups in total. The Morgan fingerprint density at radius 1 is 1.15 bits per heavy atom. The van der Waals surface area contributed by atoms with Gasteiger partial charge in [0.15, 0.2) is 0 Å². The van der Waals surface area contributed by atoms with Gasteiger partial charge in [0.1, 0.15) is 6.04 Å². The van der Waals surface area contributed by atoms with Gasteiger partial charge in [-0.3, -0.25) is 14.4 Å². The van der Waals surface area contributed by atoms with Crippen LogP contribution in [0.4, 0.5) is 0 Å². The Kier molecular flexibility index (Phi) is 5.86. The summed E-state index contributed by atoms with van der Waals surface area (Å²) in [6, 6.07) is 8.36. The van der Waals surface area contributed by atoms with E-state index in [-0.39, 0.29) is 18.4 Å². The quantitative estimate of drug-likeness (QED) is 0.824. The van der Waals surface area contributed by atoms with Gasteiger partial charge in [-0.2, -0.15) is 0 Å². The molecule has 7 heteroatoms. The van der Waals surface area contributed by atoms with E-state index in [1.807, 2.05) is 6.07 Å². The van der Waals surface area contributed by atoms with E-state index in [9.17, 15) is 19.5 Å². The summed E-state index contributed by atoms with van der Waals surface area (Å²) < 4.78 is 0. The van der Waals surface area contributed by atoms with Crippen molar-refractivity contribution in [2.24, 2.45) is 5.41 Å². The number of carbonyl (C=O) groups excluding carboxylic acids is 2. The molecule has 0 spiro atoms. The number of nitrogens with one attached hydrogen (secondary N) is 1. The molecule has 1 saturated heterocycles. The van der Waals surface area contributed by atoms with Crippen molar-refractivity contribution in [2.75, 3.05) is 18.2 Å². The van der Waals surface area contributed by atoms with Gasteiger partial charge in [0.05, 0.1) is 11.3 Å². The Morgan fingerprint density at radius 2 is 1.85 bits per heavy atom. The van der Waals surface area contributed by atoms with Crippen molar-refractivity contribution < 1.29 is 19.5 Å². The number of rotatable bonds is 5. The predicted molar refractivity (Wildman–Crippen MR) is 99.9 cm³/mol. The number of hydrogen-bond acceptors (Lipinski definition) is 4. The lowest BCUT2D eigenvalue weighted by Gasteiger charge is -2.34. The van der Waals surface area contributed by atoms with Crippen molar-refractivity contribution in [3.63, 3.8) is 0 Å². The first-order valence-electron chi connectivity index (χ1n) is 8.98. The summed E-state index contributed by atoms with van der Waals surface area (Å²) in [5, 5.41) is 12.5. The minimum atomic E-state index is -0.867. The molecule has 0 radical (unpaired) electrons. The largest absolute Gasteiger partial charge is 0.481 e. The third kappa shape index (κ3) is 3.87. The number of carboxylic acid groups (broad SMARTS) is 1. The molecule has 2 amide bonds. The summed E-state index contributed by atoms with van der Waals surface area (Å²) in [4.78, 5) is 38.7. The normalized spacial score (nSPS) is 22.0. The van der Waals surface area contributed by atoms with Crippen LogP contribution in [0.5, 0.6) is 0 Å². The first-order valence-corrected chi connectivity index (χ1v) is 10.1. The molecule has 1 aliphatic heterocycles. The van der Waals surface area contributed by atoms with Gasteiger partial charge in [0, 0.05) is 17.9 Å². The maximum absolute atomic E-state index is 12.7. The SMILES string of the molecule is O=C(NCC1(C(=O)O)CCCCC1)C1CSCN1C(=O)c1ccccc1. The van der Waals surface area contributed by atoms with E-state index < -0.39 is 17.4 Å². The Hall–Kier alpha value is -2.02. The van der Waals surface area contributed by atoms with Crippen LogP contribution in [0.1, 0.15) is 42.5 Å². The summed E-state index contributed by atoms with van der Waals surface area (Å²) in [6.07, 6.45) is 3.98. The number of thioether (sulfide) groups is 1. The molecule has 1 atom stereocenters. The average Bonchev–Trinajstić information content (AvgIpc) is 3.16. The summed E-state index contributed by atoms with van der Waals surface area (Å²) in [7, 11) is 0. The second-order valence-corrected chi connectivity index (χ2v) is 8.02. The molecule has 0 bridgehead atoms. The number of nitrogens with zero attached hydrogens (tertiary/aromatic N) is 1. The van der Waals surface area contributed by atoms with Crippen molar-refractivity contribution in [1.29, 1.82) is 0 Å². The maximum atomic E-state index is 12.7. The zero-order valence-electron chi connectivity index (χ0n) is 14.6. The molecule has 1 unspecified atom stereocenters. The molecular weight excluding hydrogens is 352 g/mol. The number of carbonyl (C=O) groups is 3. The molecule has 0 aromatic heterocycles. The second kappa shape index (κ2) is 8.12. The zero-order chi connectivity index (χ0) is 18.6. The summed E-state index contributed by atoms with van der Waals surface area (Å²) in [6.45, 7) is 0.135. The molecule has 1 saturated carbocycles. The van der Waals surface area contributed by atoms with Gasteiger partial charge in [-0.1, -0.05) is 37.5 Å². The smallest absolute Gasteiger partial charge is 0.311 e. The predicted octanol–water partition coefficient (Wildman–Crippen LogP) is 2.35. The topological polar surface area (TPSA) is 86.7 Å². The maximum Gasteiger partial charge on any atom is 0.311 e. The van der Waals surface area contributed by atoms with E-state index >= 15 is 0 Å². The number of benzene rings is 1. The molecule has 1 aromatic carbocycles. The Balaban J connectivity index is 1.65. The van der Waals surface area contributed by atoms with E-state index in [4.69, 9.17) is 0 Å². The highest BCUT2D eigenvalue weighted by Gasteiger charge is 2.41. The van der Waals surface area contributed by atoms with Crippen molar-refractivity contribution in [3.05, 3.63) is 35.9 Å². The monoisotopic (exact) mass is 376 g/mol. The van der Waals surface area contributed by atoms with Crippen molar-refractivity contribution >= 4 is 29.5 Å². The molecule has 1 aromatic rings. The molecule has 2 aliphatic rings. The van der Waals surface area contributed by atoms with Gasteiger partial charge in [-0.05, 0) is 25.0 Å². The van der Waals surface area contributed by atoms with Gasteiger partial charge in [-0.25, -0.2) is 0 Å². The molecule has 2 fully saturated rings. The average molecular weight is 376 g/mol. The molecule has 26 heavy (non-hydrogen) atoms. The van der Waals surface area contributed by atoms with E-state index in [0.717, 1.165) is 19.3 Å². The van der Waals surface area contributed by atoms with E-state index in [2.05, 4.69) is 5.32 Å². The first kappa shape index (κ1) is 18.8. The van der Waals surface area contributed by atoms with Crippen molar-refractivity contribution in [1.82, 2.24) is 10.2 Å². The van der Waals surface area contributed by atoms with Crippen LogP contribution >= 0.6 is 11.8 Å². The fraction of sp³-hybridized carbons (Fsp3) is 0.526. The van der Waals surface area contributed by atoms with Crippen LogP contribution in [0.2, 0.25) is 0 Å². The minimum absolute atomic E-state index is 0.135. The lowest BCUT2D eigenvalue weighted by molar-refractivity contribution is -0.151. The molecule has 140 valence electrons. The van der Waals surface area contributed by atoms with E-state index in [0.29, 0.717) is 30.0 Å². The van der Waals surface area contributed by atoms with Crippen molar-refractivity contribution in [2.45, 2.75) is 38.1 Å². The highest BCUT2D eigenvalue weighted by atomic mass is 32.2. The molecular formula is C19H24N2O4S. The molecule has 3 rings (SSSR count). The Morgan fingerprint density at radius 3 is 2.50 bits per heavy atom. The van der Waals surface area contributed by atoms with E-state index in [1.54, 1.807) is 29.2 Å². The summed E-state index contributed by atoms with van der Waals surface area (Å²) >= 11 is 1.54. The van der Waals surface area contributed by atoms with Crippen LogP contribution in [0.25, 0.3) is 0 Å². The van der Waals surface area contributed by atoms with Gasteiger partial charge in [0.2, 0.25) is 5.91 Å². The number of aliphatic carboxylic acids is 1. The van der Waals surface area contributed by atoms with Gasteiger partial charge >= 0.3 is 5.97 Å². The number of hydrogen-bond donors (Lipinski definition) is 2. The highest BCUT2D eigenvalue weighted by molar-refractivity contribution is 7.99. The van der Waals surface area contributed by atoms with Crippen LogP contribution in [0.15, 0.2) is 30.3 Å². The lowest BCUT2D eigenvalue weighted by atomic mass is 9.74. The third-order valence-electron chi connectivity index (χ3n) is 5.33. The summed E-state index contributed by atoms with van der Waals surface area (Å²) in [5.41, 5.74) is -0.310. The molecule has 1 aliphatic carbocycles. The van der Waals surface area contributed by atoms with Crippen LogP contribution < -0.4 is 5.32 Å². The fourth-order valence-electron chi connectivity index (χ4n) is 3.68. The standard InChI is InChI=1S/C19H24N2O4S/c22-16(20-12-19(18(24)25)9-5-2-6-10-19)15-11-26-13-21(15)17(23)14-7-3-1-4-8-14/h1,3-4,7-8,15H,2,5-6,9-13H2,(H,20,22)(H,24,25). The minimum Gasteiger partial charge on any atom is -0.481 e. The second-order valence-electron chi connectivity index (χ2n) is 7.02. The van der Waals surface area contributed by atoms with Crippen LogP contribution in [-0.2, 0) is 9.59 Å². The Labute approximate surface area is 157 Å². The zero-order valence-corrected chi connectivity index (χ0v) is 15.5. The Bertz CT molecular complexity index is 673. The van der Waals surface area contributed by atoms with Gasteiger partial charge < -0.3 is 15.3 Å². The van der Waals surface area contributed by atoms with Gasteiger partial charge in [-0.15, -0.1) is 11.8 Å². The third-order valence-corrected chi connectivity index (χ3v) is 6.34. The summed E-state index contributed by atoms with van der Waals surface area (Å²) in [5.74, 6) is -0.261. The van der Waals surface area contributed by atoms with Gasteiger partial charge in [0.25, 0.3) is 5.91 Å². The van der Waals surface area contributed by atoms with Crippen LogP contribution in [0, 0.1) is 5.41 Å². The lowest BCUT2D eigenvalue weighted by Crippen LogP contribution is -2.51.